The molecule has 8 nitrogen and oxygen atoms in total. The summed E-state index contributed by atoms with van der Waals surface area (Å²) < 4.78 is 28.8. The van der Waals surface area contributed by atoms with Crippen LogP contribution in [0.3, 0.4) is 0 Å². The van der Waals surface area contributed by atoms with Crippen molar-refractivity contribution in [2.75, 3.05) is 0 Å². The Morgan fingerprint density at radius 2 is 1.90 bits per heavy atom. The molecule has 0 fully saturated rings. The molecule has 0 spiro atoms. The van der Waals surface area contributed by atoms with E-state index in [4.69, 9.17) is 0 Å². The number of imidazole rings is 2. The molecule has 0 radical (unpaired) electrons. The second-order valence-corrected chi connectivity index (χ2v) is 8.51. The van der Waals surface area contributed by atoms with Crippen LogP contribution in [0.2, 0.25) is 0 Å². The average Bonchev–Trinajstić information content (AvgIpc) is 3.30. The van der Waals surface area contributed by atoms with Crippen molar-refractivity contribution in [1.82, 2.24) is 24.3 Å². The lowest BCUT2D eigenvalue weighted by Crippen LogP contribution is -2.23. The molecule has 0 aliphatic rings. The fourth-order valence-electron chi connectivity index (χ4n) is 2.93. The van der Waals surface area contributed by atoms with Gasteiger partial charge in [-0.05, 0) is 36.8 Å². The van der Waals surface area contributed by atoms with Crippen molar-refractivity contribution >= 4 is 21.4 Å². The van der Waals surface area contributed by atoms with Gasteiger partial charge in [0.1, 0.15) is 11.3 Å². The van der Waals surface area contributed by atoms with E-state index in [0.717, 1.165) is 11.3 Å². The quantitative estimate of drug-likeness (QED) is 0.545. The number of hydrogen-bond donors (Lipinski definition) is 1. The monoisotopic (exact) mass is 409 g/mol. The van der Waals surface area contributed by atoms with Gasteiger partial charge in [-0.2, -0.15) is 0 Å². The van der Waals surface area contributed by atoms with Crippen molar-refractivity contribution in [2.45, 2.75) is 23.5 Å². The lowest BCUT2D eigenvalue weighted by molar-refractivity contribution is 0.0946. The van der Waals surface area contributed by atoms with E-state index in [-0.39, 0.29) is 22.5 Å². The number of sulfone groups is 1. The first-order chi connectivity index (χ1) is 13.9. The van der Waals surface area contributed by atoms with Gasteiger partial charge in [0.25, 0.3) is 5.91 Å². The summed E-state index contributed by atoms with van der Waals surface area (Å²) in [7, 11) is -2.04. The summed E-state index contributed by atoms with van der Waals surface area (Å²) in [5.74, 6) is -0.297. The molecule has 9 heteroatoms. The number of amides is 1. The molecule has 0 aliphatic heterocycles. The van der Waals surface area contributed by atoms with Crippen LogP contribution >= 0.6 is 0 Å². The van der Waals surface area contributed by atoms with Crippen molar-refractivity contribution in [3.8, 4) is 0 Å². The van der Waals surface area contributed by atoms with Crippen LogP contribution in [0.4, 0.5) is 0 Å². The molecule has 0 atom stereocenters. The molecule has 29 heavy (non-hydrogen) atoms. The van der Waals surface area contributed by atoms with Crippen molar-refractivity contribution in [1.29, 1.82) is 0 Å². The zero-order chi connectivity index (χ0) is 20.6. The third kappa shape index (κ3) is 3.52. The van der Waals surface area contributed by atoms with E-state index in [1.54, 1.807) is 36.7 Å². The molecule has 148 valence electrons. The van der Waals surface area contributed by atoms with Gasteiger partial charge in [0.15, 0.2) is 0 Å². The molecular weight excluding hydrogens is 390 g/mol. The summed E-state index contributed by atoms with van der Waals surface area (Å²) in [6, 6.07) is 11.9. The van der Waals surface area contributed by atoms with Crippen LogP contribution in [0, 0.1) is 6.92 Å². The highest BCUT2D eigenvalue weighted by Gasteiger charge is 2.23. The molecule has 4 aromatic rings. The van der Waals surface area contributed by atoms with Gasteiger partial charge in [-0.1, -0.05) is 18.2 Å². The second-order valence-electron chi connectivity index (χ2n) is 6.66. The molecule has 1 aromatic carbocycles. The number of aryl methyl sites for hydroxylation is 1. The number of pyridine rings is 1. The van der Waals surface area contributed by atoms with Gasteiger partial charge in [-0.3, -0.25) is 4.79 Å². The highest BCUT2D eigenvalue weighted by atomic mass is 32.2. The first-order valence-electron chi connectivity index (χ1n) is 8.90. The molecule has 0 saturated heterocycles. The molecule has 0 aliphatic carbocycles. The van der Waals surface area contributed by atoms with E-state index in [1.807, 2.05) is 24.4 Å². The van der Waals surface area contributed by atoms with E-state index in [0.29, 0.717) is 11.3 Å². The molecule has 3 aromatic heterocycles. The van der Waals surface area contributed by atoms with Crippen LogP contribution < -0.4 is 5.32 Å². The van der Waals surface area contributed by atoms with Gasteiger partial charge in [0.2, 0.25) is 15.0 Å². The van der Waals surface area contributed by atoms with Crippen LogP contribution in [0.25, 0.3) is 5.65 Å². The average molecular weight is 409 g/mol. The number of carbonyl (C=O) groups is 1. The van der Waals surface area contributed by atoms with Gasteiger partial charge in [-0.15, -0.1) is 0 Å². The van der Waals surface area contributed by atoms with Gasteiger partial charge in [0.05, 0.1) is 4.90 Å². The zero-order valence-electron chi connectivity index (χ0n) is 15.9. The highest BCUT2D eigenvalue weighted by molar-refractivity contribution is 7.91. The Morgan fingerprint density at radius 1 is 1.14 bits per heavy atom. The third-order valence-corrected chi connectivity index (χ3v) is 6.45. The Bertz CT molecular complexity index is 1270. The van der Waals surface area contributed by atoms with Crippen LogP contribution in [0.5, 0.6) is 0 Å². The fraction of sp³-hybridized carbons (Fsp3) is 0.150. The maximum atomic E-state index is 12.8. The van der Waals surface area contributed by atoms with Crippen molar-refractivity contribution < 1.29 is 13.2 Å². The SMILES string of the molecule is Cc1cnc(S(=O)(=O)c2ccc(CNC(=O)c3cn4ccccc4n3)cc2)n1C. The summed E-state index contributed by atoms with van der Waals surface area (Å²) in [5.41, 5.74) is 2.55. The molecular formula is C20H19N5O3S. The Balaban J connectivity index is 1.47. The maximum absolute atomic E-state index is 12.8. The number of rotatable bonds is 5. The molecule has 3 heterocycles. The number of hydrogen-bond acceptors (Lipinski definition) is 5. The largest absolute Gasteiger partial charge is 0.347 e. The first kappa shape index (κ1) is 18.9. The van der Waals surface area contributed by atoms with Crippen molar-refractivity contribution in [3.63, 3.8) is 0 Å². The minimum Gasteiger partial charge on any atom is -0.347 e. The van der Waals surface area contributed by atoms with E-state index in [2.05, 4.69) is 15.3 Å². The summed E-state index contributed by atoms with van der Waals surface area (Å²) in [6.45, 7) is 2.05. The van der Waals surface area contributed by atoms with Gasteiger partial charge < -0.3 is 14.3 Å². The normalized spacial score (nSPS) is 11.7. The summed E-state index contributed by atoms with van der Waals surface area (Å²) in [5, 5.41) is 2.80. The van der Waals surface area contributed by atoms with E-state index < -0.39 is 9.84 Å². The zero-order valence-corrected chi connectivity index (χ0v) is 16.7. The lowest BCUT2D eigenvalue weighted by Gasteiger charge is -2.07. The Morgan fingerprint density at radius 3 is 2.55 bits per heavy atom. The number of aromatic nitrogens is 4. The number of benzene rings is 1. The van der Waals surface area contributed by atoms with Crippen molar-refractivity contribution in [3.05, 3.63) is 78.0 Å². The standard InChI is InChI=1S/C20H19N5O3S/c1-14-11-22-20(24(14)2)29(27,28)16-8-6-15(7-9-16)12-21-19(26)17-13-25-10-4-3-5-18(25)23-17/h3-11,13H,12H2,1-2H3,(H,21,26). The third-order valence-electron chi connectivity index (χ3n) is 4.70. The lowest BCUT2D eigenvalue weighted by atomic mass is 10.2. The number of carbonyl (C=O) groups excluding carboxylic acids is 1. The number of fused-ring (bicyclic) bond motifs is 1. The van der Waals surface area contributed by atoms with Gasteiger partial charge in [0, 0.05) is 37.9 Å². The summed E-state index contributed by atoms with van der Waals surface area (Å²) in [4.78, 5) is 20.8. The first-order valence-corrected chi connectivity index (χ1v) is 10.4. The minimum atomic E-state index is -3.70. The summed E-state index contributed by atoms with van der Waals surface area (Å²) in [6.07, 6.45) is 5.01. The Hall–Kier alpha value is -3.46. The van der Waals surface area contributed by atoms with Crippen LogP contribution in [0.15, 0.2) is 71.1 Å². The number of nitrogens with one attached hydrogen (secondary N) is 1. The topological polar surface area (TPSA) is 98.4 Å². The molecule has 1 N–H and O–H groups in total. The predicted octanol–water partition coefficient (Wildman–Crippen LogP) is 2.14. The molecule has 0 unspecified atom stereocenters. The second kappa shape index (κ2) is 7.17. The van der Waals surface area contributed by atoms with E-state index >= 15 is 0 Å². The highest BCUT2D eigenvalue weighted by Crippen LogP contribution is 2.20. The van der Waals surface area contributed by atoms with E-state index in [1.165, 1.54) is 22.9 Å². The Labute approximate surface area is 167 Å². The van der Waals surface area contributed by atoms with Crippen molar-refractivity contribution in [2.24, 2.45) is 7.05 Å². The van der Waals surface area contributed by atoms with Gasteiger partial charge >= 0.3 is 0 Å². The fourth-order valence-corrected chi connectivity index (χ4v) is 4.33. The number of nitrogens with zero attached hydrogens (tertiary/aromatic N) is 4. The molecule has 0 bridgehead atoms. The maximum Gasteiger partial charge on any atom is 0.271 e. The van der Waals surface area contributed by atoms with Crippen LogP contribution in [-0.4, -0.2) is 33.3 Å². The van der Waals surface area contributed by atoms with Crippen LogP contribution in [-0.2, 0) is 23.4 Å². The van der Waals surface area contributed by atoms with Crippen LogP contribution in [0.1, 0.15) is 21.7 Å². The predicted molar refractivity (Wildman–Crippen MR) is 106 cm³/mol. The molecule has 4 rings (SSSR count). The summed E-state index contributed by atoms with van der Waals surface area (Å²) >= 11 is 0. The van der Waals surface area contributed by atoms with E-state index in [9.17, 15) is 13.2 Å². The minimum absolute atomic E-state index is 0.00269. The van der Waals surface area contributed by atoms with Gasteiger partial charge in [-0.25, -0.2) is 18.4 Å². The smallest absolute Gasteiger partial charge is 0.271 e. The Kier molecular flexibility index (Phi) is 4.67. The molecule has 1 amide bonds. The molecule has 0 saturated carbocycles.